The predicted molar refractivity (Wildman–Crippen MR) is 113 cm³/mol. The van der Waals surface area contributed by atoms with Gasteiger partial charge in [0.2, 0.25) is 0 Å². The highest BCUT2D eigenvalue weighted by molar-refractivity contribution is 5.93. The van der Waals surface area contributed by atoms with Crippen LogP contribution in [0.15, 0.2) is 30.9 Å². The number of amides is 1. The maximum atomic E-state index is 12.6. The second-order valence-electron chi connectivity index (χ2n) is 8.87. The van der Waals surface area contributed by atoms with Crippen molar-refractivity contribution in [1.82, 2.24) is 30.0 Å². The molecule has 30 heavy (non-hydrogen) atoms. The monoisotopic (exact) mass is 408 g/mol. The highest BCUT2D eigenvalue weighted by Gasteiger charge is 2.27. The van der Waals surface area contributed by atoms with Crippen LogP contribution in [-0.4, -0.2) is 47.4 Å². The van der Waals surface area contributed by atoms with Crippen LogP contribution < -0.4 is 5.32 Å². The van der Waals surface area contributed by atoms with Crippen LogP contribution in [0.3, 0.4) is 0 Å². The van der Waals surface area contributed by atoms with Gasteiger partial charge in [-0.3, -0.25) is 9.78 Å². The number of hydrogen-bond donors (Lipinski definition) is 2. The predicted octanol–water partition coefficient (Wildman–Crippen LogP) is 2.97. The first-order chi connectivity index (χ1) is 14.3. The minimum atomic E-state index is -0.631. The average molecular weight is 409 g/mol. The molecule has 0 aromatic carbocycles. The van der Waals surface area contributed by atoms with E-state index in [1.807, 2.05) is 26.8 Å². The Morgan fingerprint density at radius 3 is 2.57 bits per heavy atom. The molecule has 158 valence electrons. The van der Waals surface area contributed by atoms with E-state index in [0.29, 0.717) is 17.4 Å². The van der Waals surface area contributed by atoms with Gasteiger partial charge in [0.15, 0.2) is 0 Å². The van der Waals surface area contributed by atoms with Gasteiger partial charge < -0.3 is 10.4 Å². The van der Waals surface area contributed by atoms with Gasteiger partial charge >= 0.3 is 0 Å². The number of aromatic nitrogens is 5. The van der Waals surface area contributed by atoms with E-state index < -0.39 is 5.60 Å². The maximum absolute atomic E-state index is 12.6. The summed E-state index contributed by atoms with van der Waals surface area (Å²) >= 11 is 0. The quantitative estimate of drug-likeness (QED) is 0.672. The largest absolute Gasteiger partial charge is 0.390 e. The molecule has 1 fully saturated rings. The van der Waals surface area contributed by atoms with Crippen LogP contribution in [-0.2, 0) is 0 Å². The van der Waals surface area contributed by atoms with E-state index in [2.05, 4.69) is 25.4 Å². The van der Waals surface area contributed by atoms with Crippen molar-refractivity contribution >= 4 is 16.8 Å². The molecule has 3 heterocycles. The third-order valence-electron chi connectivity index (χ3n) is 5.73. The molecule has 2 N–H and O–H groups in total. The molecule has 0 unspecified atom stereocenters. The number of carbonyl (C=O) groups is 1. The maximum Gasteiger partial charge on any atom is 0.254 e. The molecule has 1 saturated carbocycles. The summed E-state index contributed by atoms with van der Waals surface area (Å²) in [6.45, 7) is 5.64. The van der Waals surface area contributed by atoms with Gasteiger partial charge in [-0.25, -0.2) is 9.97 Å². The number of carbonyl (C=O) groups excluding carboxylic acids is 1. The van der Waals surface area contributed by atoms with Crippen molar-refractivity contribution < 1.29 is 9.90 Å². The van der Waals surface area contributed by atoms with Crippen molar-refractivity contribution in [1.29, 1.82) is 0 Å². The SMILES string of the molecule is Cc1nn(-c2ncc(C(=O)N[C@H]3CC[C@H](CC(C)(C)O)CC3)cn2)c2cnccc12. The number of nitrogens with zero attached hydrogens (tertiary/aromatic N) is 5. The van der Waals surface area contributed by atoms with E-state index in [1.165, 1.54) is 12.4 Å². The molecule has 0 aliphatic heterocycles. The molecule has 3 aromatic rings. The van der Waals surface area contributed by atoms with E-state index in [0.717, 1.165) is 48.7 Å². The minimum Gasteiger partial charge on any atom is -0.390 e. The van der Waals surface area contributed by atoms with Crippen molar-refractivity contribution in [2.75, 3.05) is 0 Å². The third-order valence-corrected chi connectivity index (χ3v) is 5.73. The summed E-state index contributed by atoms with van der Waals surface area (Å²) in [7, 11) is 0. The van der Waals surface area contributed by atoms with Gasteiger partial charge in [-0.1, -0.05) is 0 Å². The zero-order valence-electron chi connectivity index (χ0n) is 17.7. The molecule has 0 radical (unpaired) electrons. The third kappa shape index (κ3) is 4.48. The molecule has 8 heteroatoms. The first-order valence-corrected chi connectivity index (χ1v) is 10.5. The molecule has 0 bridgehead atoms. The number of pyridine rings is 1. The zero-order valence-corrected chi connectivity index (χ0v) is 17.7. The van der Waals surface area contributed by atoms with E-state index in [-0.39, 0.29) is 11.9 Å². The molecular weight excluding hydrogens is 380 g/mol. The molecule has 0 atom stereocenters. The van der Waals surface area contributed by atoms with Gasteiger partial charge in [0.25, 0.3) is 11.9 Å². The standard InChI is InChI=1S/C22H28N6O2/c1-14-18-8-9-23-13-19(18)28(27-14)21-24-11-16(12-25-21)20(29)26-17-6-4-15(5-7-17)10-22(2,3)30/h8-9,11-13,15,17,30H,4-7,10H2,1-3H3,(H,26,29)/t15-,17-. The van der Waals surface area contributed by atoms with Crippen molar-refractivity contribution in [3.05, 3.63) is 42.1 Å². The summed E-state index contributed by atoms with van der Waals surface area (Å²) in [5.41, 5.74) is 1.51. The summed E-state index contributed by atoms with van der Waals surface area (Å²) in [4.78, 5) is 25.5. The Morgan fingerprint density at radius 1 is 1.20 bits per heavy atom. The Balaban J connectivity index is 1.39. The fourth-order valence-corrected chi connectivity index (χ4v) is 4.30. The summed E-state index contributed by atoms with van der Waals surface area (Å²) in [6, 6.07) is 2.06. The van der Waals surface area contributed by atoms with Crippen LogP contribution >= 0.6 is 0 Å². The summed E-state index contributed by atoms with van der Waals surface area (Å²) in [5.74, 6) is 0.767. The summed E-state index contributed by atoms with van der Waals surface area (Å²) in [5, 5.41) is 18.6. The molecule has 0 saturated heterocycles. The molecular formula is C22H28N6O2. The number of fused-ring (bicyclic) bond motifs is 1. The van der Waals surface area contributed by atoms with Crippen molar-refractivity contribution in [3.8, 4) is 5.95 Å². The van der Waals surface area contributed by atoms with E-state index in [1.54, 1.807) is 17.1 Å². The Bertz CT molecular complexity index is 1030. The Labute approximate surface area is 175 Å². The van der Waals surface area contributed by atoms with Gasteiger partial charge in [0.1, 0.15) is 0 Å². The van der Waals surface area contributed by atoms with Crippen molar-refractivity contribution in [2.24, 2.45) is 5.92 Å². The first-order valence-electron chi connectivity index (χ1n) is 10.5. The van der Waals surface area contributed by atoms with Crippen LogP contribution in [0.25, 0.3) is 16.9 Å². The molecule has 0 spiro atoms. The molecule has 1 amide bonds. The van der Waals surface area contributed by atoms with Crippen LogP contribution in [0.1, 0.15) is 62.0 Å². The number of aryl methyl sites for hydroxylation is 1. The molecule has 1 aliphatic rings. The minimum absolute atomic E-state index is 0.152. The zero-order chi connectivity index (χ0) is 21.3. The highest BCUT2D eigenvalue weighted by Crippen LogP contribution is 2.30. The molecule has 3 aromatic heterocycles. The molecule has 4 rings (SSSR count). The van der Waals surface area contributed by atoms with Crippen LogP contribution in [0.2, 0.25) is 0 Å². The van der Waals surface area contributed by atoms with Crippen LogP contribution in [0, 0.1) is 12.8 Å². The highest BCUT2D eigenvalue weighted by atomic mass is 16.3. The lowest BCUT2D eigenvalue weighted by Gasteiger charge is -2.32. The number of hydrogen-bond acceptors (Lipinski definition) is 6. The van der Waals surface area contributed by atoms with E-state index in [9.17, 15) is 9.90 Å². The van der Waals surface area contributed by atoms with Gasteiger partial charge in [-0.15, -0.1) is 0 Å². The average Bonchev–Trinajstić information content (AvgIpc) is 3.05. The van der Waals surface area contributed by atoms with Gasteiger partial charge in [0.05, 0.1) is 28.6 Å². The lowest BCUT2D eigenvalue weighted by atomic mass is 9.80. The first kappa shape index (κ1) is 20.4. The van der Waals surface area contributed by atoms with Gasteiger partial charge in [-0.05, 0) is 64.9 Å². The Morgan fingerprint density at radius 2 is 1.90 bits per heavy atom. The second-order valence-corrected chi connectivity index (χ2v) is 8.87. The van der Waals surface area contributed by atoms with Crippen LogP contribution in [0.4, 0.5) is 0 Å². The lowest BCUT2D eigenvalue weighted by Crippen LogP contribution is -2.38. The summed E-state index contributed by atoms with van der Waals surface area (Å²) < 4.78 is 1.64. The number of rotatable bonds is 5. The van der Waals surface area contributed by atoms with Crippen LogP contribution in [0.5, 0.6) is 0 Å². The smallest absolute Gasteiger partial charge is 0.254 e. The van der Waals surface area contributed by atoms with Gasteiger partial charge in [-0.2, -0.15) is 9.78 Å². The fourth-order valence-electron chi connectivity index (χ4n) is 4.30. The Hall–Kier alpha value is -2.87. The van der Waals surface area contributed by atoms with E-state index in [4.69, 9.17) is 0 Å². The van der Waals surface area contributed by atoms with Crippen molar-refractivity contribution in [3.63, 3.8) is 0 Å². The van der Waals surface area contributed by atoms with Crippen molar-refractivity contribution in [2.45, 2.75) is 64.5 Å². The topological polar surface area (TPSA) is 106 Å². The Kier molecular flexibility index (Phi) is 5.51. The fraction of sp³-hybridized carbons (Fsp3) is 0.500. The lowest BCUT2D eigenvalue weighted by molar-refractivity contribution is 0.0433. The second kappa shape index (κ2) is 8.10. The summed E-state index contributed by atoms with van der Waals surface area (Å²) in [6.07, 6.45) is 11.2. The number of aliphatic hydroxyl groups is 1. The van der Waals surface area contributed by atoms with E-state index >= 15 is 0 Å². The number of nitrogens with one attached hydrogen (secondary N) is 1. The van der Waals surface area contributed by atoms with Gasteiger partial charge in [0, 0.05) is 30.0 Å². The molecule has 8 nitrogen and oxygen atoms in total. The molecule has 1 aliphatic carbocycles. The normalized spacial score (nSPS) is 19.7.